The Hall–Kier alpha value is -2.29. The van der Waals surface area contributed by atoms with Gasteiger partial charge in [0, 0.05) is 23.8 Å². The van der Waals surface area contributed by atoms with E-state index in [1.807, 2.05) is 48.5 Å². The maximum atomic E-state index is 12.5. The second kappa shape index (κ2) is 8.70. The maximum absolute atomic E-state index is 12.5. The average molecular weight is 352 g/mol. The van der Waals surface area contributed by atoms with Gasteiger partial charge in [0.05, 0.1) is 23.3 Å². The number of ether oxygens (including phenoxy) is 1. The van der Waals surface area contributed by atoms with Crippen LogP contribution in [0.5, 0.6) is 0 Å². The lowest BCUT2D eigenvalue weighted by molar-refractivity contribution is 0.0855. The highest BCUT2D eigenvalue weighted by Gasteiger charge is 2.18. The first-order valence-corrected chi connectivity index (χ1v) is 9.35. The van der Waals surface area contributed by atoms with E-state index in [-0.39, 0.29) is 12.0 Å². The third kappa shape index (κ3) is 4.85. The van der Waals surface area contributed by atoms with Crippen LogP contribution in [-0.2, 0) is 10.5 Å². The summed E-state index contributed by atoms with van der Waals surface area (Å²) in [5.41, 5.74) is 2.47. The van der Waals surface area contributed by atoms with Crippen molar-refractivity contribution in [1.29, 1.82) is 5.26 Å². The lowest BCUT2D eigenvalue weighted by Gasteiger charge is -2.13. The zero-order chi connectivity index (χ0) is 17.5. The lowest BCUT2D eigenvalue weighted by atomic mass is 10.2. The van der Waals surface area contributed by atoms with Crippen molar-refractivity contribution in [3.63, 3.8) is 0 Å². The topological polar surface area (TPSA) is 62.1 Å². The Bertz CT molecular complexity index is 762. The number of rotatable bonds is 6. The first kappa shape index (κ1) is 17.5. The van der Waals surface area contributed by atoms with Gasteiger partial charge in [-0.15, -0.1) is 11.8 Å². The van der Waals surface area contributed by atoms with Crippen molar-refractivity contribution < 1.29 is 9.53 Å². The third-order valence-corrected chi connectivity index (χ3v) is 5.27. The number of hydrogen-bond donors (Lipinski definition) is 1. The third-order valence-electron chi connectivity index (χ3n) is 4.12. The molecule has 1 atom stereocenters. The molecular formula is C20H20N2O2S. The second-order valence-corrected chi connectivity index (χ2v) is 6.96. The SMILES string of the molecule is N#Cc1ccc(CSc2ccccc2C(=O)NCC2CCCO2)cc1. The molecule has 4 nitrogen and oxygen atoms in total. The Balaban J connectivity index is 1.61. The van der Waals surface area contributed by atoms with E-state index < -0.39 is 0 Å². The van der Waals surface area contributed by atoms with Crippen LogP contribution in [0, 0.1) is 11.3 Å². The van der Waals surface area contributed by atoms with E-state index in [9.17, 15) is 4.79 Å². The summed E-state index contributed by atoms with van der Waals surface area (Å²) in [7, 11) is 0. The molecule has 0 radical (unpaired) electrons. The molecule has 0 aromatic heterocycles. The fraction of sp³-hybridized carbons (Fsp3) is 0.300. The highest BCUT2D eigenvalue weighted by atomic mass is 32.2. The average Bonchev–Trinajstić information content (AvgIpc) is 3.19. The Labute approximate surface area is 152 Å². The summed E-state index contributed by atoms with van der Waals surface area (Å²) in [6.45, 7) is 1.35. The molecule has 5 heteroatoms. The summed E-state index contributed by atoms with van der Waals surface area (Å²) < 4.78 is 5.55. The quantitative estimate of drug-likeness (QED) is 0.804. The van der Waals surface area contributed by atoms with E-state index in [4.69, 9.17) is 10.00 Å². The summed E-state index contributed by atoms with van der Waals surface area (Å²) >= 11 is 1.63. The van der Waals surface area contributed by atoms with Crippen LogP contribution in [0.2, 0.25) is 0 Å². The smallest absolute Gasteiger partial charge is 0.252 e. The second-order valence-electron chi connectivity index (χ2n) is 5.94. The van der Waals surface area contributed by atoms with E-state index in [1.165, 1.54) is 0 Å². The zero-order valence-electron chi connectivity index (χ0n) is 13.9. The number of carbonyl (C=O) groups is 1. The predicted molar refractivity (Wildman–Crippen MR) is 98.5 cm³/mol. The number of amides is 1. The fourth-order valence-electron chi connectivity index (χ4n) is 2.72. The molecule has 1 fully saturated rings. The van der Waals surface area contributed by atoms with Crippen molar-refractivity contribution in [2.24, 2.45) is 0 Å². The van der Waals surface area contributed by atoms with Crippen molar-refractivity contribution in [3.8, 4) is 6.07 Å². The molecule has 1 unspecified atom stereocenters. The Morgan fingerprint density at radius 3 is 2.76 bits per heavy atom. The number of nitrogens with one attached hydrogen (secondary N) is 1. The molecule has 1 heterocycles. The summed E-state index contributed by atoms with van der Waals surface area (Å²) in [5.74, 6) is 0.695. The monoisotopic (exact) mass is 352 g/mol. The summed E-state index contributed by atoms with van der Waals surface area (Å²) in [6.07, 6.45) is 2.22. The number of benzene rings is 2. The lowest BCUT2D eigenvalue weighted by Crippen LogP contribution is -2.32. The predicted octanol–water partition coefficient (Wildman–Crippen LogP) is 3.76. The van der Waals surface area contributed by atoms with E-state index in [0.717, 1.165) is 35.7 Å². The highest BCUT2D eigenvalue weighted by molar-refractivity contribution is 7.98. The minimum Gasteiger partial charge on any atom is -0.376 e. The standard InChI is InChI=1S/C20H20N2O2S/c21-12-15-7-9-16(10-8-15)14-25-19-6-2-1-5-18(19)20(23)22-13-17-4-3-11-24-17/h1-2,5-10,17H,3-4,11,13-14H2,(H,22,23). The molecule has 1 saturated heterocycles. The van der Waals surface area contributed by atoms with Crippen LogP contribution in [0.25, 0.3) is 0 Å². The van der Waals surface area contributed by atoms with Crippen molar-refractivity contribution in [2.45, 2.75) is 29.6 Å². The van der Waals surface area contributed by atoms with Gasteiger partial charge in [0.1, 0.15) is 0 Å². The minimum absolute atomic E-state index is 0.0570. The van der Waals surface area contributed by atoms with Crippen LogP contribution in [0.4, 0.5) is 0 Å². The van der Waals surface area contributed by atoms with Crippen LogP contribution in [-0.4, -0.2) is 25.2 Å². The van der Waals surface area contributed by atoms with Crippen molar-refractivity contribution in [2.75, 3.05) is 13.2 Å². The van der Waals surface area contributed by atoms with Gasteiger partial charge in [-0.25, -0.2) is 0 Å². The molecule has 2 aromatic rings. The molecule has 128 valence electrons. The number of nitriles is 1. The summed E-state index contributed by atoms with van der Waals surface area (Å²) in [5, 5.41) is 11.8. The number of thioether (sulfide) groups is 1. The molecule has 0 saturated carbocycles. The van der Waals surface area contributed by atoms with E-state index in [1.54, 1.807) is 11.8 Å². The van der Waals surface area contributed by atoms with Gasteiger partial charge in [0.25, 0.3) is 5.91 Å². The van der Waals surface area contributed by atoms with Crippen LogP contribution in [0.1, 0.15) is 34.3 Å². The molecule has 0 bridgehead atoms. The summed E-state index contributed by atoms with van der Waals surface area (Å²) in [6, 6.07) is 17.3. The van der Waals surface area contributed by atoms with Crippen LogP contribution in [0.3, 0.4) is 0 Å². The van der Waals surface area contributed by atoms with Crippen molar-refractivity contribution >= 4 is 17.7 Å². The molecule has 1 aliphatic rings. The van der Waals surface area contributed by atoms with Crippen LogP contribution in [0.15, 0.2) is 53.4 Å². The van der Waals surface area contributed by atoms with Gasteiger partial charge in [-0.05, 0) is 42.7 Å². The first-order chi connectivity index (χ1) is 12.3. The Morgan fingerprint density at radius 2 is 2.04 bits per heavy atom. The van der Waals surface area contributed by atoms with E-state index >= 15 is 0 Å². The highest BCUT2D eigenvalue weighted by Crippen LogP contribution is 2.26. The Morgan fingerprint density at radius 1 is 1.24 bits per heavy atom. The van der Waals surface area contributed by atoms with Crippen molar-refractivity contribution in [3.05, 3.63) is 65.2 Å². The fourth-order valence-corrected chi connectivity index (χ4v) is 3.73. The zero-order valence-corrected chi connectivity index (χ0v) is 14.7. The molecule has 2 aromatic carbocycles. The van der Waals surface area contributed by atoms with E-state index in [0.29, 0.717) is 17.7 Å². The van der Waals surface area contributed by atoms with Gasteiger partial charge in [-0.3, -0.25) is 4.79 Å². The van der Waals surface area contributed by atoms with Gasteiger partial charge in [0.2, 0.25) is 0 Å². The summed E-state index contributed by atoms with van der Waals surface area (Å²) in [4.78, 5) is 13.5. The number of nitrogens with zero attached hydrogens (tertiary/aromatic N) is 1. The van der Waals surface area contributed by atoms with E-state index in [2.05, 4.69) is 11.4 Å². The van der Waals surface area contributed by atoms with Crippen LogP contribution >= 0.6 is 11.8 Å². The molecule has 3 rings (SSSR count). The largest absolute Gasteiger partial charge is 0.376 e. The molecule has 0 spiro atoms. The first-order valence-electron chi connectivity index (χ1n) is 8.37. The van der Waals surface area contributed by atoms with Gasteiger partial charge in [-0.1, -0.05) is 24.3 Å². The van der Waals surface area contributed by atoms with Gasteiger partial charge in [-0.2, -0.15) is 5.26 Å². The van der Waals surface area contributed by atoms with Gasteiger partial charge < -0.3 is 10.1 Å². The molecular weight excluding hydrogens is 332 g/mol. The number of carbonyl (C=O) groups excluding carboxylic acids is 1. The normalized spacial score (nSPS) is 16.4. The molecule has 1 amide bonds. The van der Waals surface area contributed by atoms with Crippen molar-refractivity contribution in [1.82, 2.24) is 5.32 Å². The molecule has 1 aliphatic heterocycles. The molecule has 25 heavy (non-hydrogen) atoms. The number of hydrogen-bond acceptors (Lipinski definition) is 4. The maximum Gasteiger partial charge on any atom is 0.252 e. The van der Waals surface area contributed by atoms with Gasteiger partial charge >= 0.3 is 0 Å². The minimum atomic E-state index is -0.0570. The molecule has 0 aliphatic carbocycles. The molecule has 1 N–H and O–H groups in total. The Kier molecular flexibility index (Phi) is 6.10. The van der Waals surface area contributed by atoms with Crippen LogP contribution < -0.4 is 5.32 Å². The van der Waals surface area contributed by atoms with Gasteiger partial charge in [0.15, 0.2) is 0 Å².